The second-order valence-electron chi connectivity index (χ2n) is 5.04. The number of phenols is 2. The summed E-state index contributed by atoms with van der Waals surface area (Å²) in [6, 6.07) is 9.62. The van der Waals surface area contributed by atoms with Gasteiger partial charge in [0.2, 0.25) is 0 Å². The summed E-state index contributed by atoms with van der Waals surface area (Å²) in [5, 5.41) is 30.3. The van der Waals surface area contributed by atoms with E-state index in [0.717, 1.165) is 11.8 Å². The Morgan fingerprint density at radius 3 is 2.64 bits per heavy atom. The third kappa shape index (κ3) is 3.32. The van der Waals surface area contributed by atoms with E-state index in [0.29, 0.717) is 5.69 Å². The molecular weight excluding hydrogens is 364 g/mol. The Morgan fingerprint density at radius 2 is 1.96 bits per heavy atom. The summed E-state index contributed by atoms with van der Waals surface area (Å²) in [5.41, 5.74) is 0.354. The van der Waals surface area contributed by atoms with Crippen molar-refractivity contribution in [3.05, 3.63) is 63.0 Å². The molecule has 2 aromatic rings. The van der Waals surface area contributed by atoms with E-state index in [2.05, 4.69) is 0 Å². The van der Waals surface area contributed by atoms with Gasteiger partial charge in [0.15, 0.2) is 4.32 Å². The molecule has 1 saturated heterocycles. The largest absolute Gasteiger partial charge is 0.508 e. The van der Waals surface area contributed by atoms with Gasteiger partial charge in [0.05, 0.1) is 15.5 Å². The highest BCUT2D eigenvalue weighted by Gasteiger charge is 2.33. The lowest BCUT2D eigenvalue weighted by molar-refractivity contribution is -0.384. The summed E-state index contributed by atoms with van der Waals surface area (Å²) in [5.74, 6) is -0.633. The molecule has 1 amide bonds. The molecule has 0 unspecified atom stereocenters. The summed E-state index contributed by atoms with van der Waals surface area (Å²) < 4.78 is 0.256. The van der Waals surface area contributed by atoms with Crippen LogP contribution in [-0.2, 0) is 4.79 Å². The number of thiocarbonyl (C=S) groups is 1. The fraction of sp³-hybridized carbons (Fsp3) is 0. The van der Waals surface area contributed by atoms with E-state index in [1.807, 2.05) is 0 Å². The number of non-ortho nitro benzene ring substituents is 1. The molecule has 126 valence electrons. The predicted molar refractivity (Wildman–Crippen MR) is 98.5 cm³/mol. The number of benzene rings is 2. The predicted octanol–water partition coefficient (Wildman–Crippen LogP) is 3.41. The average Bonchev–Trinajstić information content (AvgIpc) is 2.83. The third-order valence-corrected chi connectivity index (χ3v) is 4.69. The van der Waals surface area contributed by atoms with Gasteiger partial charge < -0.3 is 10.2 Å². The molecule has 0 aromatic heterocycles. The molecule has 7 nitrogen and oxygen atoms in total. The number of aromatic hydroxyl groups is 2. The highest BCUT2D eigenvalue weighted by atomic mass is 32.2. The van der Waals surface area contributed by atoms with E-state index in [1.165, 1.54) is 41.3 Å². The first-order valence-corrected chi connectivity index (χ1v) is 8.13. The van der Waals surface area contributed by atoms with Crippen LogP contribution in [0.2, 0.25) is 0 Å². The van der Waals surface area contributed by atoms with E-state index < -0.39 is 10.8 Å². The molecule has 3 rings (SSSR count). The molecule has 0 saturated carbocycles. The van der Waals surface area contributed by atoms with E-state index in [4.69, 9.17) is 12.2 Å². The van der Waals surface area contributed by atoms with Crippen molar-refractivity contribution in [1.82, 2.24) is 0 Å². The molecule has 0 spiro atoms. The fourth-order valence-electron chi connectivity index (χ4n) is 2.23. The number of hydrogen-bond donors (Lipinski definition) is 2. The quantitative estimate of drug-likeness (QED) is 0.367. The molecule has 9 heteroatoms. The van der Waals surface area contributed by atoms with Gasteiger partial charge in [0.1, 0.15) is 11.5 Å². The van der Waals surface area contributed by atoms with Gasteiger partial charge in [-0.25, -0.2) is 0 Å². The molecule has 0 aliphatic carbocycles. The lowest BCUT2D eigenvalue weighted by atomic mass is 10.1. The van der Waals surface area contributed by atoms with Crippen molar-refractivity contribution < 1.29 is 19.9 Å². The van der Waals surface area contributed by atoms with Crippen molar-refractivity contribution in [2.45, 2.75) is 0 Å². The van der Waals surface area contributed by atoms with Gasteiger partial charge in [-0.3, -0.25) is 19.8 Å². The number of carbonyl (C=O) groups is 1. The van der Waals surface area contributed by atoms with Crippen molar-refractivity contribution >= 4 is 51.7 Å². The fourth-order valence-corrected chi connectivity index (χ4v) is 3.52. The molecule has 25 heavy (non-hydrogen) atoms. The molecule has 1 aliphatic rings. The number of rotatable bonds is 3. The smallest absolute Gasteiger partial charge is 0.270 e. The Labute approximate surface area is 151 Å². The number of nitro groups is 1. The van der Waals surface area contributed by atoms with Crippen LogP contribution in [0.1, 0.15) is 5.56 Å². The maximum Gasteiger partial charge on any atom is 0.270 e. The minimum Gasteiger partial charge on any atom is -0.508 e. The van der Waals surface area contributed by atoms with Gasteiger partial charge in [-0.2, -0.15) is 0 Å². The number of phenolic OH excluding ortho intramolecular Hbond substituents is 2. The molecule has 2 N–H and O–H groups in total. The van der Waals surface area contributed by atoms with E-state index in [-0.39, 0.29) is 32.0 Å². The summed E-state index contributed by atoms with van der Waals surface area (Å²) >= 11 is 6.22. The van der Waals surface area contributed by atoms with Crippen LogP contribution in [0.25, 0.3) is 6.08 Å². The second kappa shape index (κ2) is 6.54. The van der Waals surface area contributed by atoms with Crippen LogP contribution >= 0.6 is 24.0 Å². The zero-order valence-electron chi connectivity index (χ0n) is 12.4. The normalized spacial score (nSPS) is 15.8. The van der Waals surface area contributed by atoms with Crippen LogP contribution in [0.3, 0.4) is 0 Å². The molecule has 0 radical (unpaired) electrons. The molecular formula is C16H10N2O5S2. The number of hydrogen-bond acceptors (Lipinski definition) is 7. The van der Waals surface area contributed by atoms with Crippen LogP contribution < -0.4 is 4.90 Å². The number of nitro benzene ring substituents is 1. The standard InChI is InChI=1S/C16H10N2O5S2/c19-12-3-1-2-10(8-12)17-15(21)14(25-16(17)24)7-9-6-11(18(22)23)4-5-13(9)20/h1-8,19-20H/b14-7-. The summed E-state index contributed by atoms with van der Waals surface area (Å²) in [6.45, 7) is 0. The summed E-state index contributed by atoms with van der Waals surface area (Å²) in [4.78, 5) is 24.4. The molecule has 1 fully saturated rings. The highest BCUT2D eigenvalue weighted by molar-refractivity contribution is 8.27. The molecule has 0 atom stereocenters. The van der Waals surface area contributed by atoms with E-state index in [1.54, 1.807) is 12.1 Å². The zero-order chi connectivity index (χ0) is 18.1. The Morgan fingerprint density at radius 1 is 1.20 bits per heavy atom. The first-order chi connectivity index (χ1) is 11.9. The summed E-state index contributed by atoms with van der Waals surface area (Å²) in [7, 11) is 0. The number of amides is 1. The number of carbonyl (C=O) groups excluding carboxylic acids is 1. The van der Waals surface area contributed by atoms with Crippen LogP contribution in [-0.4, -0.2) is 25.4 Å². The van der Waals surface area contributed by atoms with Crippen molar-refractivity contribution in [2.75, 3.05) is 4.90 Å². The number of thioether (sulfide) groups is 1. The van der Waals surface area contributed by atoms with Crippen molar-refractivity contribution in [1.29, 1.82) is 0 Å². The van der Waals surface area contributed by atoms with Crippen molar-refractivity contribution in [3.63, 3.8) is 0 Å². The lowest BCUT2D eigenvalue weighted by Gasteiger charge is -2.14. The van der Waals surface area contributed by atoms with Crippen molar-refractivity contribution in [2.24, 2.45) is 0 Å². The third-order valence-electron chi connectivity index (χ3n) is 3.39. The summed E-state index contributed by atoms with van der Waals surface area (Å²) in [6.07, 6.45) is 1.35. The van der Waals surface area contributed by atoms with Gasteiger partial charge in [0.25, 0.3) is 11.6 Å². The van der Waals surface area contributed by atoms with E-state index >= 15 is 0 Å². The highest BCUT2D eigenvalue weighted by Crippen LogP contribution is 2.38. The first-order valence-electron chi connectivity index (χ1n) is 6.91. The Hall–Kier alpha value is -2.91. The second-order valence-corrected chi connectivity index (χ2v) is 6.71. The van der Waals surface area contributed by atoms with Gasteiger partial charge in [-0.05, 0) is 24.3 Å². The molecule has 2 aromatic carbocycles. The van der Waals surface area contributed by atoms with Crippen LogP contribution in [0, 0.1) is 10.1 Å². The van der Waals surface area contributed by atoms with Gasteiger partial charge >= 0.3 is 0 Å². The maximum atomic E-state index is 12.6. The first kappa shape index (κ1) is 16.9. The van der Waals surface area contributed by atoms with Crippen LogP contribution in [0.4, 0.5) is 11.4 Å². The van der Waals surface area contributed by atoms with Gasteiger partial charge in [-0.1, -0.05) is 30.0 Å². The van der Waals surface area contributed by atoms with Crippen LogP contribution in [0.15, 0.2) is 47.4 Å². The lowest BCUT2D eigenvalue weighted by Crippen LogP contribution is -2.27. The van der Waals surface area contributed by atoms with Crippen LogP contribution in [0.5, 0.6) is 11.5 Å². The molecule has 0 bridgehead atoms. The van der Waals surface area contributed by atoms with Crippen molar-refractivity contribution in [3.8, 4) is 11.5 Å². The Bertz CT molecular complexity index is 942. The average molecular weight is 374 g/mol. The van der Waals surface area contributed by atoms with E-state index in [9.17, 15) is 25.1 Å². The minimum absolute atomic E-state index is 0.00754. The number of nitrogens with zero attached hydrogens (tertiary/aromatic N) is 2. The minimum atomic E-state index is -0.589. The maximum absolute atomic E-state index is 12.6. The molecule has 1 aliphatic heterocycles. The zero-order valence-corrected chi connectivity index (χ0v) is 14.1. The Balaban J connectivity index is 1.99. The Kier molecular flexibility index (Phi) is 4.43. The monoisotopic (exact) mass is 374 g/mol. The molecule has 1 heterocycles. The van der Waals surface area contributed by atoms with Gasteiger partial charge in [-0.15, -0.1) is 0 Å². The SMILES string of the molecule is O=C1/C(=C/c2cc([N+](=O)[O-])ccc2O)SC(=S)N1c1cccc(O)c1. The van der Waals surface area contributed by atoms with Gasteiger partial charge in [0, 0.05) is 23.8 Å². The topological polar surface area (TPSA) is 104 Å². The number of anilines is 1.